The highest BCUT2D eigenvalue weighted by atomic mass is 16.5. The number of aromatic amines is 1. The summed E-state index contributed by atoms with van der Waals surface area (Å²) in [6.07, 6.45) is 1.55. The van der Waals surface area contributed by atoms with Crippen molar-refractivity contribution in [2.24, 2.45) is 0 Å². The first-order valence-electron chi connectivity index (χ1n) is 6.34. The molecule has 1 amide bonds. The van der Waals surface area contributed by atoms with Crippen LogP contribution in [0.25, 0.3) is 10.9 Å². The molecule has 1 aromatic carbocycles. The number of rotatable bonds is 3. The number of hydrogen-bond donors (Lipinski definition) is 2. The van der Waals surface area contributed by atoms with E-state index in [9.17, 15) is 9.59 Å². The largest absolute Gasteiger partial charge is 0.497 e. The van der Waals surface area contributed by atoms with Crippen molar-refractivity contribution in [1.82, 2.24) is 10.3 Å². The Morgan fingerprint density at radius 2 is 1.95 bits per heavy atom. The summed E-state index contributed by atoms with van der Waals surface area (Å²) in [4.78, 5) is 27.2. The van der Waals surface area contributed by atoms with Gasteiger partial charge in [-0.1, -0.05) is 0 Å². The molecular formula is C15H18N2O3. The van der Waals surface area contributed by atoms with Crippen LogP contribution >= 0.6 is 0 Å². The maximum atomic E-state index is 12.2. The summed E-state index contributed by atoms with van der Waals surface area (Å²) in [6, 6.07) is 5.35. The van der Waals surface area contributed by atoms with Crippen LogP contribution in [0.5, 0.6) is 5.75 Å². The van der Waals surface area contributed by atoms with Crippen molar-refractivity contribution in [2.75, 3.05) is 7.11 Å². The summed E-state index contributed by atoms with van der Waals surface area (Å²) in [5, 5.41) is 3.35. The monoisotopic (exact) mass is 274 g/mol. The number of ketones is 1. The van der Waals surface area contributed by atoms with E-state index in [1.165, 1.54) is 0 Å². The lowest BCUT2D eigenvalue weighted by molar-refractivity contribution is -0.118. The minimum absolute atomic E-state index is 0.348. The molecule has 0 aliphatic carbocycles. The predicted octanol–water partition coefficient (Wildman–Crippen LogP) is 2.27. The lowest BCUT2D eigenvalue weighted by atomic mass is 10.1. The standard InChI is InChI=1S/C15H18N2O3/c1-15(2,3)17-14(19)13(18)11-8-16-12-6-5-9(20-4)7-10(11)12/h5-8,16H,1-4H3,(H,17,19). The van der Waals surface area contributed by atoms with E-state index in [4.69, 9.17) is 4.74 Å². The smallest absolute Gasteiger partial charge is 0.292 e. The maximum Gasteiger partial charge on any atom is 0.292 e. The van der Waals surface area contributed by atoms with Gasteiger partial charge in [-0.15, -0.1) is 0 Å². The summed E-state index contributed by atoms with van der Waals surface area (Å²) in [5.74, 6) is -0.525. The van der Waals surface area contributed by atoms with Crippen LogP contribution in [0.15, 0.2) is 24.4 Å². The molecule has 0 aliphatic rings. The first-order chi connectivity index (χ1) is 9.31. The van der Waals surface area contributed by atoms with Crippen LogP contribution in [0.2, 0.25) is 0 Å². The van der Waals surface area contributed by atoms with E-state index < -0.39 is 17.2 Å². The molecule has 0 radical (unpaired) electrons. The molecule has 0 saturated heterocycles. The molecular weight excluding hydrogens is 256 g/mol. The van der Waals surface area contributed by atoms with E-state index in [1.807, 2.05) is 26.8 Å². The second-order valence-electron chi connectivity index (χ2n) is 5.65. The Kier molecular flexibility index (Phi) is 3.53. The lowest BCUT2D eigenvalue weighted by Gasteiger charge is -2.19. The Balaban J connectivity index is 2.37. The van der Waals surface area contributed by atoms with Gasteiger partial charge in [-0.05, 0) is 39.0 Å². The third-order valence-corrected chi connectivity index (χ3v) is 2.83. The number of aromatic nitrogens is 1. The number of methoxy groups -OCH3 is 1. The van der Waals surface area contributed by atoms with Crippen LogP contribution in [0.1, 0.15) is 31.1 Å². The summed E-state index contributed by atoms with van der Waals surface area (Å²) >= 11 is 0. The number of ether oxygens (including phenoxy) is 1. The van der Waals surface area contributed by atoms with Gasteiger partial charge in [0.05, 0.1) is 12.7 Å². The van der Waals surface area contributed by atoms with Crippen molar-refractivity contribution < 1.29 is 14.3 Å². The third kappa shape index (κ3) is 2.82. The number of H-pyrrole nitrogens is 1. The number of amides is 1. The first kappa shape index (κ1) is 14.1. The minimum atomic E-state index is -0.610. The van der Waals surface area contributed by atoms with Crippen LogP contribution < -0.4 is 10.1 Å². The summed E-state index contributed by atoms with van der Waals surface area (Å²) in [6.45, 7) is 5.49. The second-order valence-corrected chi connectivity index (χ2v) is 5.65. The molecule has 0 bridgehead atoms. The van der Waals surface area contributed by atoms with Gasteiger partial charge in [0.15, 0.2) is 0 Å². The number of Topliss-reactive ketones (excluding diaryl/α,β-unsaturated/α-hetero) is 1. The predicted molar refractivity (Wildman–Crippen MR) is 77.1 cm³/mol. The van der Waals surface area contributed by atoms with E-state index >= 15 is 0 Å². The lowest BCUT2D eigenvalue weighted by Crippen LogP contribution is -2.44. The second kappa shape index (κ2) is 5.00. The zero-order valence-corrected chi connectivity index (χ0v) is 12.0. The summed E-state index contributed by atoms with van der Waals surface area (Å²) in [5.41, 5.74) is 0.689. The molecule has 2 N–H and O–H groups in total. The Morgan fingerprint density at radius 3 is 2.55 bits per heavy atom. The van der Waals surface area contributed by atoms with Gasteiger partial charge in [-0.25, -0.2) is 0 Å². The molecule has 0 atom stereocenters. The fourth-order valence-electron chi connectivity index (χ4n) is 1.93. The normalized spacial score (nSPS) is 11.4. The number of carbonyl (C=O) groups excluding carboxylic acids is 2. The number of carbonyl (C=O) groups is 2. The van der Waals surface area contributed by atoms with Crippen molar-refractivity contribution in [3.63, 3.8) is 0 Å². The molecule has 106 valence electrons. The minimum Gasteiger partial charge on any atom is -0.497 e. The average Bonchev–Trinajstić information content (AvgIpc) is 2.78. The van der Waals surface area contributed by atoms with Gasteiger partial charge in [0.2, 0.25) is 0 Å². The van der Waals surface area contributed by atoms with Crippen molar-refractivity contribution in [3.05, 3.63) is 30.0 Å². The van der Waals surface area contributed by atoms with Gasteiger partial charge < -0.3 is 15.0 Å². The highest BCUT2D eigenvalue weighted by molar-refractivity contribution is 6.45. The topological polar surface area (TPSA) is 71.2 Å². The van der Waals surface area contributed by atoms with Crippen LogP contribution in [0.3, 0.4) is 0 Å². The fraction of sp³-hybridized carbons (Fsp3) is 0.333. The highest BCUT2D eigenvalue weighted by Gasteiger charge is 2.23. The summed E-state index contributed by atoms with van der Waals surface area (Å²) in [7, 11) is 1.56. The van der Waals surface area contributed by atoms with Gasteiger partial charge in [-0.3, -0.25) is 9.59 Å². The quantitative estimate of drug-likeness (QED) is 0.666. The highest BCUT2D eigenvalue weighted by Crippen LogP contribution is 2.24. The van der Waals surface area contributed by atoms with Crippen molar-refractivity contribution in [2.45, 2.75) is 26.3 Å². The molecule has 5 heteroatoms. The van der Waals surface area contributed by atoms with E-state index in [-0.39, 0.29) is 0 Å². The third-order valence-electron chi connectivity index (χ3n) is 2.83. The van der Waals surface area contributed by atoms with E-state index in [1.54, 1.807) is 25.4 Å². The number of hydrogen-bond acceptors (Lipinski definition) is 3. The Hall–Kier alpha value is -2.30. The van der Waals surface area contributed by atoms with Crippen LogP contribution in [0, 0.1) is 0 Å². The van der Waals surface area contributed by atoms with Crippen LogP contribution in [-0.4, -0.2) is 29.3 Å². The van der Waals surface area contributed by atoms with Crippen molar-refractivity contribution >= 4 is 22.6 Å². The average molecular weight is 274 g/mol. The zero-order chi connectivity index (χ0) is 14.9. The molecule has 0 unspecified atom stereocenters. The van der Waals surface area contributed by atoms with Gasteiger partial charge in [0, 0.05) is 22.6 Å². The molecule has 0 fully saturated rings. The SMILES string of the molecule is COc1ccc2[nH]cc(C(=O)C(=O)NC(C)(C)C)c2c1. The molecule has 20 heavy (non-hydrogen) atoms. The zero-order valence-electron chi connectivity index (χ0n) is 12.0. The Morgan fingerprint density at radius 1 is 1.25 bits per heavy atom. The molecule has 2 aromatic rings. The van der Waals surface area contributed by atoms with Gasteiger partial charge >= 0.3 is 0 Å². The van der Waals surface area contributed by atoms with E-state index in [0.29, 0.717) is 16.7 Å². The molecule has 0 saturated carbocycles. The van der Waals surface area contributed by atoms with Gasteiger partial charge in [-0.2, -0.15) is 0 Å². The number of fused-ring (bicyclic) bond motifs is 1. The molecule has 0 aliphatic heterocycles. The maximum absolute atomic E-state index is 12.2. The van der Waals surface area contributed by atoms with Crippen LogP contribution in [0.4, 0.5) is 0 Å². The number of benzene rings is 1. The fourth-order valence-corrected chi connectivity index (χ4v) is 1.93. The van der Waals surface area contributed by atoms with Gasteiger partial charge in [0.25, 0.3) is 11.7 Å². The Labute approximate surface area is 117 Å². The van der Waals surface area contributed by atoms with E-state index in [0.717, 1.165) is 5.52 Å². The molecule has 1 heterocycles. The van der Waals surface area contributed by atoms with E-state index in [2.05, 4.69) is 10.3 Å². The molecule has 5 nitrogen and oxygen atoms in total. The van der Waals surface area contributed by atoms with Crippen LogP contribution in [-0.2, 0) is 4.79 Å². The van der Waals surface area contributed by atoms with Crippen molar-refractivity contribution in [3.8, 4) is 5.75 Å². The van der Waals surface area contributed by atoms with Crippen molar-refractivity contribution in [1.29, 1.82) is 0 Å². The molecule has 1 aromatic heterocycles. The summed E-state index contributed by atoms with van der Waals surface area (Å²) < 4.78 is 5.14. The molecule has 2 rings (SSSR count). The van der Waals surface area contributed by atoms with Gasteiger partial charge in [0.1, 0.15) is 5.75 Å². The molecule has 0 spiro atoms. The Bertz CT molecular complexity index is 665. The number of nitrogens with one attached hydrogen (secondary N) is 2. The first-order valence-corrected chi connectivity index (χ1v) is 6.34.